The van der Waals surface area contributed by atoms with Crippen LogP contribution in [0.3, 0.4) is 0 Å². The topological polar surface area (TPSA) is 65.0 Å². The summed E-state index contributed by atoms with van der Waals surface area (Å²) in [5.74, 6) is -1.40. The number of hydrazine groups is 1. The molecule has 2 saturated heterocycles. The molecule has 2 N–H and O–H groups in total. The Kier molecular flexibility index (Phi) is 6.93. The summed E-state index contributed by atoms with van der Waals surface area (Å²) in [5.41, 5.74) is 5.44. The van der Waals surface area contributed by atoms with Crippen LogP contribution in [0.4, 0.5) is 24.5 Å². The van der Waals surface area contributed by atoms with Gasteiger partial charge in [-0.15, -0.1) is 0 Å². The summed E-state index contributed by atoms with van der Waals surface area (Å²) in [5, 5.41) is 10.6. The first-order valence-corrected chi connectivity index (χ1v) is 11.5. The number of benzene rings is 2. The van der Waals surface area contributed by atoms with E-state index in [2.05, 4.69) is 29.4 Å². The molecule has 0 bridgehead atoms. The quantitative estimate of drug-likeness (QED) is 0.625. The van der Waals surface area contributed by atoms with E-state index in [9.17, 15) is 23.1 Å². The van der Waals surface area contributed by atoms with Crippen molar-refractivity contribution < 1.29 is 27.8 Å². The molecule has 2 aromatic rings. The summed E-state index contributed by atoms with van der Waals surface area (Å²) >= 11 is 0. The van der Waals surface area contributed by atoms with Gasteiger partial charge in [-0.2, -0.15) is 13.2 Å². The highest BCUT2D eigenvalue weighted by Gasteiger charge is 2.52. The largest absolute Gasteiger partial charge is 0.490 e. The van der Waals surface area contributed by atoms with Crippen molar-refractivity contribution in [2.24, 2.45) is 5.92 Å². The van der Waals surface area contributed by atoms with Crippen molar-refractivity contribution in [3.63, 3.8) is 0 Å². The smallest absolute Gasteiger partial charge is 0.405 e. The second-order valence-electron chi connectivity index (χ2n) is 9.13. The van der Waals surface area contributed by atoms with Crippen molar-refractivity contribution in [2.75, 3.05) is 23.0 Å². The number of nitrogens with zero attached hydrogens (tertiary/aromatic N) is 2. The molecule has 0 amide bonds. The summed E-state index contributed by atoms with van der Waals surface area (Å²) in [7, 11) is 0. The van der Waals surface area contributed by atoms with Gasteiger partial charge in [0.25, 0.3) is 0 Å². The molecule has 184 valence electrons. The molecule has 2 heterocycles. The number of carboxylic acid groups (broad SMARTS) is 1. The van der Waals surface area contributed by atoms with Crippen LogP contribution in [-0.4, -0.2) is 48.5 Å². The first-order valence-electron chi connectivity index (χ1n) is 11.5. The fraction of sp³-hybridized carbons (Fsp3) is 0.480. The lowest BCUT2D eigenvalue weighted by Crippen LogP contribution is -2.45. The van der Waals surface area contributed by atoms with E-state index in [4.69, 9.17) is 4.74 Å². The number of nitrogens with one attached hydrogen (secondary N) is 1. The maximum atomic E-state index is 13.4. The molecule has 2 aliphatic heterocycles. The lowest BCUT2D eigenvalue weighted by molar-refractivity contribution is -0.160. The number of hydrogen-bond donors (Lipinski definition) is 2. The molecule has 0 spiro atoms. The van der Waals surface area contributed by atoms with Crippen LogP contribution in [0.25, 0.3) is 0 Å². The van der Waals surface area contributed by atoms with E-state index < -0.39 is 36.6 Å². The highest BCUT2D eigenvalue weighted by molar-refractivity contribution is 5.69. The van der Waals surface area contributed by atoms with Gasteiger partial charge in [-0.05, 0) is 42.8 Å². The molecule has 1 unspecified atom stereocenters. The van der Waals surface area contributed by atoms with Crippen LogP contribution in [-0.2, 0) is 4.79 Å². The molecule has 9 heteroatoms. The average molecular weight is 478 g/mol. The molecular weight excluding hydrogens is 447 g/mol. The van der Waals surface area contributed by atoms with Gasteiger partial charge < -0.3 is 19.8 Å². The Morgan fingerprint density at radius 1 is 1.12 bits per heavy atom. The lowest BCUT2D eigenvalue weighted by Gasteiger charge is -2.34. The third-order valence-corrected chi connectivity index (χ3v) is 6.79. The number of alkyl halides is 3. The number of anilines is 2. The Labute approximate surface area is 197 Å². The van der Waals surface area contributed by atoms with E-state index >= 15 is 0 Å². The molecule has 0 radical (unpaired) electrons. The van der Waals surface area contributed by atoms with Crippen molar-refractivity contribution >= 4 is 17.3 Å². The number of piperidine rings is 1. The Hall–Kier alpha value is -2.94. The number of rotatable bonds is 6. The van der Waals surface area contributed by atoms with E-state index in [-0.39, 0.29) is 6.10 Å². The minimum Gasteiger partial charge on any atom is -0.490 e. The van der Waals surface area contributed by atoms with E-state index in [1.807, 2.05) is 12.1 Å². The summed E-state index contributed by atoms with van der Waals surface area (Å²) in [6.45, 7) is 5.31. The van der Waals surface area contributed by atoms with Crippen LogP contribution in [0, 0.1) is 12.8 Å². The van der Waals surface area contributed by atoms with Gasteiger partial charge in [0, 0.05) is 37.5 Å². The summed E-state index contributed by atoms with van der Waals surface area (Å²) in [6.07, 6.45) is -3.06. The van der Waals surface area contributed by atoms with Crippen LogP contribution in [0.5, 0.6) is 5.75 Å². The third-order valence-electron chi connectivity index (χ3n) is 6.79. The highest BCUT2D eigenvalue weighted by Crippen LogP contribution is 2.37. The Morgan fingerprint density at radius 3 is 2.35 bits per heavy atom. The zero-order chi connectivity index (χ0) is 24.5. The zero-order valence-corrected chi connectivity index (χ0v) is 19.3. The predicted molar refractivity (Wildman–Crippen MR) is 124 cm³/mol. The van der Waals surface area contributed by atoms with Crippen molar-refractivity contribution in [3.8, 4) is 5.75 Å². The molecule has 6 nitrogen and oxygen atoms in total. The SMILES string of the molecule is Cc1ccccc1N1CCC(Oc2ccc(N3NC(C(F)(F)F)[C@@H](C)[C@@H]3CC(=O)O)cc2)CC1. The van der Waals surface area contributed by atoms with Gasteiger partial charge in [0.1, 0.15) is 17.9 Å². The van der Waals surface area contributed by atoms with Crippen molar-refractivity contribution in [1.82, 2.24) is 5.43 Å². The number of aryl methyl sites for hydroxylation is 1. The van der Waals surface area contributed by atoms with Crippen LogP contribution >= 0.6 is 0 Å². The zero-order valence-electron chi connectivity index (χ0n) is 19.3. The fourth-order valence-corrected chi connectivity index (χ4v) is 4.92. The second kappa shape index (κ2) is 9.74. The Bertz CT molecular complexity index is 991. The summed E-state index contributed by atoms with van der Waals surface area (Å²) < 4.78 is 46.4. The molecule has 3 atom stereocenters. The van der Waals surface area contributed by atoms with Crippen molar-refractivity contribution in [3.05, 3.63) is 54.1 Å². The van der Waals surface area contributed by atoms with Gasteiger partial charge in [-0.3, -0.25) is 4.79 Å². The van der Waals surface area contributed by atoms with Gasteiger partial charge >= 0.3 is 12.1 Å². The number of halogens is 3. The van der Waals surface area contributed by atoms with Gasteiger partial charge in [0.05, 0.1) is 18.2 Å². The Morgan fingerprint density at radius 2 is 1.76 bits per heavy atom. The highest BCUT2D eigenvalue weighted by atomic mass is 19.4. The second-order valence-corrected chi connectivity index (χ2v) is 9.13. The predicted octanol–water partition coefficient (Wildman–Crippen LogP) is 4.78. The number of ether oxygens (including phenoxy) is 1. The van der Waals surface area contributed by atoms with E-state index in [1.165, 1.54) is 23.2 Å². The van der Waals surface area contributed by atoms with E-state index in [1.54, 1.807) is 24.3 Å². The minimum absolute atomic E-state index is 0.0606. The normalized spacial score (nSPS) is 23.9. The monoisotopic (exact) mass is 477 g/mol. The Balaban J connectivity index is 1.39. The fourth-order valence-electron chi connectivity index (χ4n) is 4.92. The van der Waals surface area contributed by atoms with Crippen LogP contribution in [0.1, 0.15) is 31.7 Å². The van der Waals surface area contributed by atoms with Crippen LogP contribution in [0.15, 0.2) is 48.5 Å². The summed E-state index contributed by atoms with van der Waals surface area (Å²) in [4.78, 5) is 13.6. The molecule has 2 aliphatic rings. The molecular formula is C25H30F3N3O3. The average Bonchev–Trinajstić information content (AvgIpc) is 3.11. The van der Waals surface area contributed by atoms with E-state index in [0.717, 1.165) is 25.9 Å². The first-order chi connectivity index (χ1) is 16.1. The number of para-hydroxylation sites is 1. The molecule has 2 fully saturated rings. The lowest BCUT2D eigenvalue weighted by atomic mass is 9.93. The van der Waals surface area contributed by atoms with Gasteiger partial charge in [0.2, 0.25) is 0 Å². The van der Waals surface area contributed by atoms with Crippen molar-refractivity contribution in [2.45, 2.75) is 57.5 Å². The van der Waals surface area contributed by atoms with Gasteiger partial charge in [-0.25, -0.2) is 5.43 Å². The van der Waals surface area contributed by atoms with Gasteiger partial charge in [0.15, 0.2) is 0 Å². The number of carbonyl (C=O) groups is 1. The number of aliphatic carboxylic acids is 1. The molecule has 0 saturated carbocycles. The van der Waals surface area contributed by atoms with E-state index in [0.29, 0.717) is 11.4 Å². The van der Waals surface area contributed by atoms with Gasteiger partial charge in [-0.1, -0.05) is 25.1 Å². The maximum absolute atomic E-state index is 13.4. The molecule has 2 aromatic carbocycles. The molecule has 34 heavy (non-hydrogen) atoms. The maximum Gasteiger partial charge on any atom is 0.405 e. The first kappa shape index (κ1) is 24.2. The van der Waals surface area contributed by atoms with Crippen LogP contribution < -0.4 is 20.1 Å². The van der Waals surface area contributed by atoms with Crippen molar-refractivity contribution in [1.29, 1.82) is 0 Å². The summed E-state index contributed by atoms with van der Waals surface area (Å²) in [6, 6.07) is 12.5. The number of carboxylic acids is 1. The molecule has 4 rings (SSSR count). The number of hydrogen-bond acceptors (Lipinski definition) is 5. The minimum atomic E-state index is -4.47. The molecule has 0 aromatic heterocycles. The third kappa shape index (κ3) is 5.24. The van der Waals surface area contributed by atoms with Crippen LogP contribution in [0.2, 0.25) is 0 Å². The standard InChI is InChI=1S/C25H30F3N3O3/c1-16-5-3-4-6-21(16)30-13-11-20(12-14-30)34-19-9-7-18(8-10-19)31-22(15-23(32)33)17(2)24(29-31)25(26,27)28/h3-10,17,20,22,24,29H,11-15H2,1-2H3,(H,32,33)/t17-,22-,24?/m0/s1. The molecule has 0 aliphatic carbocycles.